The number of rotatable bonds is 7. The second-order valence-electron chi connectivity index (χ2n) is 4.78. The average molecular weight is 317 g/mol. The molecule has 0 saturated heterocycles. The van der Waals surface area contributed by atoms with Crippen molar-refractivity contribution in [2.24, 2.45) is 5.92 Å². The molecule has 0 bridgehead atoms. The standard InChI is InChI=1S/C14H17F2NO5/c1-7(2)11(13(19)20)17-12(18)8-4-5-9(21-3)10(6-8)22-14(15)16/h4-7,11,14H,1-3H3,(H,17,18)(H,19,20)/t11-/m1/s1. The fourth-order valence-corrected chi connectivity index (χ4v) is 1.74. The van der Waals surface area contributed by atoms with E-state index in [1.807, 2.05) is 0 Å². The summed E-state index contributed by atoms with van der Waals surface area (Å²) < 4.78 is 33.8. The third-order valence-electron chi connectivity index (χ3n) is 2.86. The molecule has 0 heterocycles. The van der Waals surface area contributed by atoms with Crippen molar-refractivity contribution in [3.8, 4) is 11.5 Å². The Labute approximate surface area is 126 Å². The zero-order chi connectivity index (χ0) is 16.9. The number of carbonyl (C=O) groups excluding carboxylic acids is 1. The summed E-state index contributed by atoms with van der Waals surface area (Å²) in [5.41, 5.74) is -0.0108. The number of alkyl halides is 2. The van der Waals surface area contributed by atoms with Crippen molar-refractivity contribution >= 4 is 11.9 Å². The third kappa shape index (κ3) is 4.57. The highest BCUT2D eigenvalue weighted by atomic mass is 19.3. The molecule has 22 heavy (non-hydrogen) atoms. The average Bonchev–Trinajstić information content (AvgIpc) is 2.43. The number of halogens is 2. The van der Waals surface area contributed by atoms with Gasteiger partial charge < -0.3 is 19.9 Å². The van der Waals surface area contributed by atoms with Crippen LogP contribution in [-0.4, -0.2) is 36.7 Å². The number of ether oxygens (including phenoxy) is 2. The molecule has 2 N–H and O–H groups in total. The molecule has 0 fully saturated rings. The van der Waals surface area contributed by atoms with Gasteiger partial charge in [0.15, 0.2) is 11.5 Å². The topological polar surface area (TPSA) is 84.9 Å². The Kier molecular flexibility index (Phi) is 6.09. The molecule has 0 saturated carbocycles. The SMILES string of the molecule is COc1ccc(C(=O)N[C@@H](C(=O)O)C(C)C)cc1OC(F)F. The molecule has 0 spiro atoms. The van der Waals surface area contributed by atoms with E-state index in [0.29, 0.717) is 0 Å². The molecule has 122 valence electrons. The predicted molar refractivity (Wildman–Crippen MR) is 73.4 cm³/mol. The van der Waals surface area contributed by atoms with E-state index in [9.17, 15) is 18.4 Å². The Balaban J connectivity index is 3.00. The zero-order valence-electron chi connectivity index (χ0n) is 12.3. The number of hydrogen-bond acceptors (Lipinski definition) is 4. The quantitative estimate of drug-likeness (QED) is 0.805. The number of benzene rings is 1. The Morgan fingerprint density at radius 3 is 2.32 bits per heavy atom. The van der Waals surface area contributed by atoms with Crippen LogP contribution >= 0.6 is 0 Å². The van der Waals surface area contributed by atoms with Crippen LogP contribution in [0.25, 0.3) is 0 Å². The van der Waals surface area contributed by atoms with Gasteiger partial charge in [-0.2, -0.15) is 8.78 Å². The van der Waals surface area contributed by atoms with Gasteiger partial charge in [-0.05, 0) is 24.1 Å². The van der Waals surface area contributed by atoms with Gasteiger partial charge in [0.2, 0.25) is 0 Å². The molecule has 1 amide bonds. The first-order chi connectivity index (χ1) is 10.3. The molecule has 1 aromatic rings. The van der Waals surface area contributed by atoms with E-state index in [4.69, 9.17) is 9.84 Å². The molecule has 0 aliphatic heterocycles. The van der Waals surface area contributed by atoms with E-state index in [1.165, 1.54) is 19.2 Å². The highest BCUT2D eigenvalue weighted by molar-refractivity contribution is 5.97. The van der Waals surface area contributed by atoms with E-state index in [-0.39, 0.29) is 23.0 Å². The van der Waals surface area contributed by atoms with Crippen LogP contribution in [0.15, 0.2) is 18.2 Å². The van der Waals surface area contributed by atoms with Gasteiger partial charge in [0.1, 0.15) is 6.04 Å². The number of nitrogens with one attached hydrogen (secondary N) is 1. The van der Waals surface area contributed by atoms with Crippen LogP contribution in [-0.2, 0) is 4.79 Å². The molecular weight excluding hydrogens is 300 g/mol. The number of methoxy groups -OCH3 is 1. The van der Waals surface area contributed by atoms with E-state index < -0.39 is 24.5 Å². The van der Waals surface area contributed by atoms with Gasteiger partial charge in [-0.1, -0.05) is 13.8 Å². The van der Waals surface area contributed by atoms with Crippen molar-refractivity contribution < 1.29 is 33.0 Å². The van der Waals surface area contributed by atoms with Gasteiger partial charge in [-0.25, -0.2) is 4.79 Å². The number of carboxylic acids is 1. The fourth-order valence-electron chi connectivity index (χ4n) is 1.74. The van der Waals surface area contributed by atoms with Gasteiger partial charge in [0.25, 0.3) is 5.91 Å². The van der Waals surface area contributed by atoms with Crippen molar-refractivity contribution in [1.82, 2.24) is 5.32 Å². The Morgan fingerprint density at radius 1 is 1.23 bits per heavy atom. The number of aliphatic carboxylic acids is 1. The predicted octanol–water partition coefficient (Wildman–Crippen LogP) is 2.14. The summed E-state index contributed by atoms with van der Waals surface area (Å²) in [5.74, 6) is -2.49. The molecule has 0 radical (unpaired) electrons. The molecule has 0 aromatic heterocycles. The fraction of sp³-hybridized carbons (Fsp3) is 0.429. The highest BCUT2D eigenvalue weighted by Crippen LogP contribution is 2.29. The van der Waals surface area contributed by atoms with Crippen LogP contribution in [0.3, 0.4) is 0 Å². The number of amides is 1. The molecule has 0 aliphatic carbocycles. The second kappa shape index (κ2) is 7.58. The molecule has 1 atom stereocenters. The molecule has 0 unspecified atom stereocenters. The number of hydrogen-bond donors (Lipinski definition) is 2. The number of carboxylic acid groups (broad SMARTS) is 1. The summed E-state index contributed by atoms with van der Waals surface area (Å²) in [6, 6.07) is 2.59. The lowest BCUT2D eigenvalue weighted by atomic mass is 10.0. The summed E-state index contributed by atoms with van der Waals surface area (Å²) in [7, 11) is 1.27. The van der Waals surface area contributed by atoms with Gasteiger partial charge in [0.05, 0.1) is 7.11 Å². The van der Waals surface area contributed by atoms with Crippen LogP contribution in [0, 0.1) is 5.92 Å². The lowest BCUT2D eigenvalue weighted by Crippen LogP contribution is -2.44. The number of carbonyl (C=O) groups is 2. The Hall–Kier alpha value is -2.38. The van der Waals surface area contributed by atoms with Crippen LogP contribution in [0.2, 0.25) is 0 Å². The van der Waals surface area contributed by atoms with Crippen LogP contribution < -0.4 is 14.8 Å². The maximum absolute atomic E-state index is 12.3. The van der Waals surface area contributed by atoms with Crippen molar-refractivity contribution in [3.05, 3.63) is 23.8 Å². The summed E-state index contributed by atoms with van der Waals surface area (Å²) >= 11 is 0. The summed E-state index contributed by atoms with van der Waals surface area (Å²) in [4.78, 5) is 23.1. The van der Waals surface area contributed by atoms with Gasteiger partial charge in [-0.3, -0.25) is 4.79 Å². The molecule has 0 aliphatic rings. The largest absolute Gasteiger partial charge is 0.493 e. The summed E-state index contributed by atoms with van der Waals surface area (Å²) in [5, 5.41) is 11.4. The highest BCUT2D eigenvalue weighted by Gasteiger charge is 2.24. The molecule has 1 rings (SSSR count). The van der Waals surface area contributed by atoms with Crippen molar-refractivity contribution in [2.75, 3.05) is 7.11 Å². The maximum Gasteiger partial charge on any atom is 0.387 e. The summed E-state index contributed by atoms with van der Waals surface area (Å²) in [6.45, 7) is 0.200. The van der Waals surface area contributed by atoms with Crippen LogP contribution in [0.4, 0.5) is 8.78 Å². The van der Waals surface area contributed by atoms with E-state index in [2.05, 4.69) is 10.1 Å². The molecule has 1 aromatic carbocycles. The Morgan fingerprint density at radius 2 is 1.86 bits per heavy atom. The molecule has 6 nitrogen and oxygen atoms in total. The first kappa shape index (κ1) is 17.7. The zero-order valence-corrected chi connectivity index (χ0v) is 12.3. The van der Waals surface area contributed by atoms with Crippen molar-refractivity contribution in [1.29, 1.82) is 0 Å². The normalized spacial score (nSPS) is 12.1. The monoisotopic (exact) mass is 317 g/mol. The van der Waals surface area contributed by atoms with E-state index >= 15 is 0 Å². The van der Waals surface area contributed by atoms with Crippen molar-refractivity contribution in [3.63, 3.8) is 0 Å². The van der Waals surface area contributed by atoms with Gasteiger partial charge in [0, 0.05) is 5.56 Å². The van der Waals surface area contributed by atoms with E-state index in [0.717, 1.165) is 6.07 Å². The second-order valence-corrected chi connectivity index (χ2v) is 4.78. The smallest absolute Gasteiger partial charge is 0.387 e. The first-order valence-corrected chi connectivity index (χ1v) is 6.42. The van der Waals surface area contributed by atoms with Crippen LogP contribution in [0.1, 0.15) is 24.2 Å². The van der Waals surface area contributed by atoms with Crippen molar-refractivity contribution in [2.45, 2.75) is 26.5 Å². The molecule has 8 heteroatoms. The van der Waals surface area contributed by atoms with Crippen LogP contribution in [0.5, 0.6) is 11.5 Å². The van der Waals surface area contributed by atoms with Gasteiger partial charge >= 0.3 is 12.6 Å². The minimum atomic E-state index is -3.07. The first-order valence-electron chi connectivity index (χ1n) is 6.42. The lowest BCUT2D eigenvalue weighted by molar-refractivity contribution is -0.140. The third-order valence-corrected chi connectivity index (χ3v) is 2.86. The molecular formula is C14H17F2NO5. The van der Waals surface area contributed by atoms with Gasteiger partial charge in [-0.15, -0.1) is 0 Å². The minimum Gasteiger partial charge on any atom is -0.493 e. The maximum atomic E-state index is 12.3. The summed E-state index contributed by atoms with van der Waals surface area (Å²) in [6.07, 6.45) is 0. The lowest BCUT2D eigenvalue weighted by Gasteiger charge is -2.18. The minimum absolute atomic E-state index is 0.0108. The Bertz CT molecular complexity index is 548. The van der Waals surface area contributed by atoms with E-state index in [1.54, 1.807) is 13.8 Å².